The van der Waals surface area contributed by atoms with Crippen LogP contribution in [0.4, 0.5) is 11.5 Å². The number of thiophene rings is 1. The lowest BCUT2D eigenvalue weighted by Crippen LogP contribution is -2.47. The first-order valence-electron chi connectivity index (χ1n) is 8.73. The van der Waals surface area contributed by atoms with Crippen molar-refractivity contribution < 1.29 is 9.59 Å². The topological polar surface area (TPSA) is 88.3 Å². The Morgan fingerprint density at radius 2 is 2.31 bits per heavy atom. The smallest absolute Gasteiger partial charge is 0.313 e. The fraction of sp³-hybridized carbons (Fsp3) is 0.368. The van der Waals surface area contributed by atoms with E-state index in [1.165, 1.54) is 6.20 Å². The fourth-order valence-corrected chi connectivity index (χ4v) is 4.89. The van der Waals surface area contributed by atoms with Gasteiger partial charge in [-0.2, -0.15) is 0 Å². The standard InChI is InChI=1S/C19H20N4O2S/c1-11-7-14(9-21-17(11)20)22-18(24)19(25)23-10-12-4-5-13(8-12)16(23)15-3-2-6-26-15/h2-3,5-7,9,12-13,16H,4,8,10H2,1H3,(H2-,20,21,22,24,25)/p+1/t12-,13+,16-/m0/s1. The van der Waals surface area contributed by atoms with Crippen molar-refractivity contribution in [1.29, 1.82) is 0 Å². The summed E-state index contributed by atoms with van der Waals surface area (Å²) < 4.78 is 0. The maximum absolute atomic E-state index is 12.9. The van der Waals surface area contributed by atoms with Gasteiger partial charge in [0.2, 0.25) is 0 Å². The number of nitrogen functional groups attached to an aromatic ring is 1. The molecule has 2 bridgehead atoms. The Morgan fingerprint density at radius 1 is 1.46 bits per heavy atom. The highest BCUT2D eigenvalue weighted by atomic mass is 32.1. The van der Waals surface area contributed by atoms with Crippen LogP contribution in [0.5, 0.6) is 0 Å². The molecule has 6 nitrogen and oxygen atoms in total. The zero-order valence-electron chi connectivity index (χ0n) is 14.5. The van der Waals surface area contributed by atoms with E-state index in [-0.39, 0.29) is 6.04 Å². The second kappa shape index (κ2) is 6.64. The number of nitrogens with zero attached hydrogens (tertiary/aromatic N) is 2. The highest BCUT2D eigenvalue weighted by molar-refractivity contribution is 7.10. The molecule has 1 saturated carbocycles. The number of aryl methyl sites for hydroxylation is 1. The van der Waals surface area contributed by atoms with Crippen molar-refractivity contribution >= 4 is 34.7 Å². The van der Waals surface area contributed by atoms with Crippen molar-refractivity contribution in [2.75, 3.05) is 17.6 Å². The first-order chi connectivity index (χ1) is 12.5. The van der Waals surface area contributed by atoms with Gasteiger partial charge in [0, 0.05) is 23.8 Å². The van der Waals surface area contributed by atoms with Gasteiger partial charge in [-0.05, 0) is 30.0 Å². The van der Waals surface area contributed by atoms with Gasteiger partial charge in [0.25, 0.3) is 0 Å². The number of likely N-dealkylation sites (tertiary alicyclic amines) is 1. The Balaban J connectivity index is 1.55. The zero-order chi connectivity index (χ0) is 18.3. The SMILES string of the molecule is Cc1cc(NC(=O)C(=O)N2C[C@H]3C[CH+][C@H](C3)[C@H]2c2cccs2)cnc1N. The van der Waals surface area contributed by atoms with Crippen molar-refractivity contribution in [3.63, 3.8) is 0 Å². The molecule has 3 heterocycles. The lowest BCUT2D eigenvalue weighted by atomic mass is 9.89. The highest BCUT2D eigenvalue weighted by Crippen LogP contribution is 2.47. The second-order valence-corrected chi connectivity index (χ2v) is 8.01. The number of hydrogen-bond donors (Lipinski definition) is 2. The molecule has 1 aliphatic heterocycles. The highest BCUT2D eigenvalue weighted by Gasteiger charge is 2.50. The van der Waals surface area contributed by atoms with Gasteiger partial charge in [0.15, 0.2) is 0 Å². The van der Waals surface area contributed by atoms with Crippen LogP contribution in [0.15, 0.2) is 29.8 Å². The number of anilines is 2. The molecule has 2 aliphatic rings. The van der Waals surface area contributed by atoms with Crippen LogP contribution < -0.4 is 11.1 Å². The Kier molecular flexibility index (Phi) is 4.32. The third-order valence-corrected chi connectivity index (χ3v) is 6.18. The third kappa shape index (κ3) is 3.03. The van der Waals surface area contributed by atoms with E-state index in [4.69, 9.17) is 5.73 Å². The van der Waals surface area contributed by atoms with Crippen LogP contribution >= 0.6 is 11.3 Å². The number of fused-ring (bicyclic) bond motifs is 2. The van der Waals surface area contributed by atoms with E-state index in [2.05, 4.69) is 16.7 Å². The molecule has 2 fully saturated rings. The van der Waals surface area contributed by atoms with E-state index in [9.17, 15) is 9.59 Å². The molecule has 1 aliphatic carbocycles. The number of piperidine rings is 1. The van der Waals surface area contributed by atoms with Crippen LogP contribution in [0.25, 0.3) is 0 Å². The summed E-state index contributed by atoms with van der Waals surface area (Å²) in [7, 11) is 0. The number of carbonyl (C=O) groups excluding carboxylic acids is 2. The minimum Gasteiger partial charge on any atom is -0.383 e. The van der Waals surface area contributed by atoms with E-state index in [0.717, 1.165) is 23.3 Å². The summed E-state index contributed by atoms with van der Waals surface area (Å²) in [6, 6.07) is 5.72. The van der Waals surface area contributed by atoms with Gasteiger partial charge < -0.3 is 16.0 Å². The predicted octanol–water partition coefficient (Wildman–Crippen LogP) is 2.79. The van der Waals surface area contributed by atoms with Crippen LogP contribution in [0.1, 0.15) is 29.3 Å². The first-order valence-corrected chi connectivity index (χ1v) is 9.61. The number of amides is 2. The summed E-state index contributed by atoms with van der Waals surface area (Å²) >= 11 is 1.64. The van der Waals surface area contributed by atoms with Crippen LogP contribution in [-0.4, -0.2) is 28.2 Å². The number of hydrogen-bond acceptors (Lipinski definition) is 5. The molecule has 3 atom stereocenters. The number of aromatic nitrogens is 1. The molecular formula is C19H21N4O2S+. The maximum atomic E-state index is 12.9. The van der Waals surface area contributed by atoms with Crippen LogP contribution in [-0.2, 0) is 9.59 Å². The summed E-state index contributed by atoms with van der Waals surface area (Å²) in [6.45, 7) is 2.44. The average Bonchev–Trinajstić information content (AvgIpc) is 3.28. The molecular weight excluding hydrogens is 348 g/mol. The lowest BCUT2D eigenvalue weighted by Gasteiger charge is -2.36. The van der Waals surface area contributed by atoms with Crippen molar-refractivity contribution in [2.45, 2.75) is 25.8 Å². The molecule has 7 heteroatoms. The summed E-state index contributed by atoms with van der Waals surface area (Å²) in [5.41, 5.74) is 6.95. The number of rotatable bonds is 2. The third-order valence-electron chi connectivity index (χ3n) is 5.24. The first kappa shape index (κ1) is 16.9. The Hall–Kier alpha value is -2.54. The zero-order valence-corrected chi connectivity index (χ0v) is 15.3. The van der Waals surface area contributed by atoms with E-state index in [0.29, 0.717) is 29.9 Å². The molecule has 134 valence electrons. The quantitative estimate of drug-likeness (QED) is 0.629. The minimum atomic E-state index is -0.626. The van der Waals surface area contributed by atoms with Crippen molar-refractivity contribution in [2.24, 2.45) is 11.8 Å². The van der Waals surface area contributed by atoms with Gasteiger partial charge in [-0.25, -0.2) is 4.98 Å². The van der Waals surface area contributed by atoms with Gasteiger partial charge in [0.05, 0.1) is 24.7 Å². The van der Waals surface area contributed by atoms with Gasteiger partial charge in [-0.1, -0.05) is 6.07 Å². The number of nitrogens with one attached hydrogen (secondary N) is 1. The maximum Gasteiger partial charge on any atom is 0.313 e. The Bertz CT molecular complexity index is 836. The Morgan fingerprint density at radius 3 is 3.04 bits per heavy atom. The summed E-state index contributed by atoms with van der Waals surface area (Å²) in [5, 5.41) is 4.68. The molecule has 2 aromatic heterocycles. The molecule has 0 radical (unpaired) electrons. The normalized spacial score (nSPS) is 24.2. The average molecular weight is 369 g/mol. The molecule has 0 spiro atoms. The Labute approximate surface area is 156 Å². The predicted molar refractivity (Wildman–Crippen MR) is 101 cm³/mol. The van der Waals surface area contributed by atoms with E-state index in [1.54, 1.807) is 22.3 Å². The number of carbonyl (C=O) groups is 2. The monoisotopic (exact) mass is 369 g/mol. The summed E-state index contributed by atoms with van der Waals surface area (Å²) in [6.07, 6.45) is 5.89. The second-order valence-electron chi connectivity index (χ2n) is 7.04. The number of nitrogens with two attached hydrogens (primary N) is 1. The molecule has 3 N–H and O–H groups in total. The van der Waals surface area contributed by atoms with E-state index in [1.807, 2.05) is 24.4 Å². The van der Waals surface area contributed by atoms with Crippen LogP contribution in [0.2, 0.25) is 0 Å². The number of pyridine rings is 1. The van der Waals surface area contributed by atoms with Gasteiger partial charge >= 0.3 is 11.8 Å². The molecule has 2 amide bonds. The van der Waals surface area contributed by atoms with Gasteiger partial charge in [-0.3, -0.25) is 9.59 Å². The summed E-state index contributed by atoms with van der Waals surface area (Å²) in [5.74, 6) is 0.0786. The molecule has 2 aromatic rings. The minimum absolute atomic E-state index is 0.0433. The molecule has 26 heavy (non-hydrogen) atoms. The van der Waals surface area contributed by atoms with Crippen molar-refractivity contribution in [1.82, 2.24) is 9.88 Å². The summed E-state index contributed by atoms with van der Waals surface area (Å²) in [4.78, 5) is 32.4. The molecule has 1 saturated heterocycles. The molecule has 4 rings (SSSR count). The molecule has 0 aromatic carbocycles. The largest absolute Gasteiger partial charge is 0.383 e. The van der Waals surface area contributed by atoms with Crippen molar-refractivity contribution in [3.05, 3.63) is 46.6 Å². The van der Waals surface area contributed by atoms with E-state index < -0.39 is 11.8 Å². The van der Waals surface area contributed by atoms with Crippen LogP contribution in [0, 0.1) is 25.2 Å². The van der Waals surface area contributed by atoms with Crippen LogP contribution in [0.3, 0.4) is 0 Å². The fourth-order valence-electron chi connectivity index (χ4n) is 3.98. The van der Waals surface area contributed by atoms with E-state index >= 15 is 0 Å². The van der Waals surface area contributed by atoms with Gasteiger partial charge in [-0.15, -0.1) is 11.3 Å². The van der Waals surface area contributed by atoms with Crippen molar-refractivity contribution in [3.8, 4) is 0 Å². The lowest BCUT2D eigenvalue weighted by molar-refractivity contribution is -0.147. The molecule has 0 unspecified atom stereocenters. The van der Waals surface area contributed by atoms with Gasteiger partial charge in [0.1, 0.15) is 17.8 Å².